The van der Waals surface area contributed by atoms with E-state index in [1.807, 2.05) is 36.1 Å². The van der Waals surface area contributed by atoms with Crippen molar-refractivity contribution < 1.29 is 22.4 Å². The summed E-state index contributed by atoms with van der Waals surface area (Å²) in [5.41, 5.74) is 2.68. The van der Waals surface area contributed by atoms with Gasteiger partial charge in [-0.3, -0.25) is 9.69 Å². The van der Waals surface area contributed by atoms with Gasteiger partial charge in [-0.2, -0.15) is 13.2 Å². The van der Waals surface area contributed by atoms with Crippen LogP contribution in [0.1, 0.15) is 32.9 Å². The lowest BCUT2D eigenvalue weighted by atomic mass is 10.1. The molecule has 0 N–H and O–H groups in total. The molecule has 5 rings (SSSR count). The maximum atomic E-state index is 13.5. The molecule has 3 heterocycles. The highest BCUT2D eigenvalue weighted by molar-refractivity contribution is 5.97. The summed E-state index contributed by atoms with van der Waals surface area (Å²) in [5.74, 6) is 0.543. The Hall–Kier alpha value is -3.52. The van der Waals surface area contributed by atoms with E-state index in [2.05, 4.69) is 17.0 Å². The van der Waals surface area contributed by atoms with Gasteiger partial charge in [0, 0.05) is 51.4 Å². The molecule has 182 valence electrons. The number of alkyl halides is 3. The van der Waals surface area contributed by atoms with Gasteiger partial charge in [0.05, 0.1) is 11.1 Å². The van der Waals surface area contributed by atoms with Crippen molar-refractivity contribution in [2.24, 2.45) is 0 Å². The minimum atomic E-state index is -4.42. The number of nitrogens with zero attached hydrogens (tertiary/aromatic N) is 3. The monoisotopic (exact) mass is 481 g/mol. The Balaban J connectivity index is 1.36. The molecule has 2 aromatic carbocycles. The first-order valence-electron chi connectivity index (χ1n) is 11.6. The van der Waals surface area contributed by atoms with Crippen LogP contribution in [0.5, 0.6) is 0 Å². The maximum Gasteiger partial charge on any atom is 0.416 e. The van der Waals surface area contributed by atoms with Crippen LogP contribution in [0.2, 0.25) is 0 Å². The van der Waals surface area contributed by atoms with E-state index in [0.717, 1.165) is 31.8 Å². The molecule has 1 aliphatic rings. The molecule has 4 aromatic rings. The number of furan rings is 1. The highest BCUT2D eigenvalue weighted by Gasteiger charge is 2.31. The lowest BCUT2D eigenvalue weighted by Crippen LogP contribution is -2.48. The fraction of sp³-hybridized carbons (Fsp3) is 0.296. The Kier molecular flexibility index (Phi) is 6.15. The van der Waals surface area contributed by atoms with Gasteiger partial charge in [-0.15, -0.1) is 0 Å². The smallest absolute Gasteiger partial charge is 0.416 e. The minimum Gasteiger partial charge on any atom is -0.460 e. The summed E-state index contributed by atoms with van der Waals surface area (Å²) in [7, 11) is 0. The molecule has 5 nitrogen and oxygen atoms in total. The lowest BCUT2D eigenvalue weighted by molar-refractivity contribution is -0.137. The first-order chi connectivity index (χ1) is 16.8. The van der Waals surface area contributed by atoms with Crippen LogP contribution in [-0.2, 0) is 19.3 Å². The predicted octanol–water partition coefficient (Wildman–Crippen LogP) is 5.57. The van der Waals surface area contributed by atoms with Gasteiger partial charge >= 0.3 is 6.18 Å². The van der Waals surface area contributed by atoms with Gasteiger partial charge in [-0.1, -0.05) is 42.5 Å². The van der Waals surface area contributed by atoms with E-state index in [4.69, 9.17) is 4.42 Å². The third kappa shape index (κ3) is 4.98. The molecule has 0 bridgehead atoms. The second-order valence-corrected chi connectivity index (χ2v) is 8.97. The molecule has 1 amide bonds. The van der Waals surface area contributed by atoms with Crippen LogP contribution >= 0.6 is 0 Å². The third-order valence-electron chi connectivity index (χ3n) is 6.44. The van der Waals surface area contributed by atoms with Crippen LogP contribution in [0.4, 0.5) is 13.2 Å². The topological polar surface area (TPSA) is 41.6 Å². The fourth-order valence-electron chi connectivity index (χ4n) is 4.65. The summed E-state index contributed by atoms with van der Waals surface area (Å²) in [6.07, 6.45) is -4.42. The van der Waals surface area contributed by atoms with E-state index in [-0.39, 0.29) is 12.5 Å². The number of aryl methyl sites for hydroxylation is 1. The molecule has 1 saturated heterocycles. The van der Waals surface area contributed by atoms with Crippen molar-refractivity contribution in [2.45, 2.75) is 26.2 Å². The molecule has 1 fully saturated rings. The zero-order valence-electron chi connectivity index (χ0n) is 19.4. The second-order valence-electron chi connectivity index (χ2n) is 8.97. The van der Waals surface area contributed by atoms with Crippen LogP contribution in [0, 0.1) is 6.92 Å². The molecule has 0 radical (unpaired) electrons. The van der Waals surface area contributed by atoms with Gasteiger partial charge < -0.3 is 13.9 Å². The first kappa shape index (κ1) is 23.2. The molecule has 0 aliphatic carbocycles. The van der Waals surface area contributed by atoms with Crippen molar-refractivity contribution >= 4 is 17.0 Å². The van der Waals surface area contributed by atoms with Gasteiger partial charge in [0.1, 0.15) is 11.5 Å². The van der Waals surface area contributed by atoms with Gasteiger partial charge in [-0.05, 0) is 30.2 Å². The molecular weight excluding hydrogens is 455 g/mol. The quantitative estimate of drug-likeness (QED) is 0.374. The first-order valence-corrected chi connectivity index (χ1v) is 11.6. The normalized spacial score (nSPS) is 15.1. The van der Waals surface area contributed by atoms with Crippen LogP contribution in [0.25, 0.3) is 11.1 Å². The zero-order valence-corrected chi connectivity index (χ0v) is 19.4. The van der Waals surface area contributed by atoms with Gasteiger partial charge in [0.2, 0.25) is 0 Å². The summed E-state index contributed by atoms with van der Waals surface area (Å²) >= 11 is 0. The molecule has 8 heteroatoms. The molecule has 35 heavy (non-hydrogen) atoms. The summed E-state index contributed by atoms with van der Waals surface area (Å²) in [4.78, 5) is 17.6. The second kappa shape index (κ2) is 9.26. The van der Waals surface area contributed by atoms with Crippen molar-refractivity contribution in [3.8, 4) is 0 Å². The number of fused-ring (bicyclic) bond motifs is 1. The number of hydrogen-bond acceptors (Lipinski definition) is 3. The SMILES string of the molecule is Cc1cc2c(cc(C(=O)N3CCN(Cc4ccccc4)CC3)n2Cc2cccc(C(F)(F)F)c2)o1. The largest absolute Gasteiger partial charge is 0.460 e. The van der Waals surface area contributed by atoms with Crippen LogP contribution < -0.4 is 0 Å². The van der Waals surface area contributed by atoms with Gasteiger partial charge in [0.25, 0.3) is 5.91 Å². The number of piperazine rings is 1. The number of benzene rings is 2. The molecular formula is C27H26F3N3O2. The number of amides is 1. The van der Waals surface area contributed by atoms with Crippen molar-refractivity contribution in [3.63, 3.8) is 0 Å². The Morgan fingerprint density at radius 1 is 0.886 bits per heavy atom. The van der Waals surface area contributed by atoms with Crippen molar-refractivity contribution in [1.29, 1.82) is 0 Å². The molecule has 2 aromatic heterocycles. The summed E-state index contributed by atoms with van der Waals surface area (Å²) in [6.45, 7) is 5.46. The van der Waals surface area contributed by atoms with Crippen molar-refractivity contribution in [2.75, 3.05) is 26.2 Å². The number of carbonyl (C=O) groups is 1. The maximum absolute atomic E-state index is 13.5. The highest BCUT2D eigenvalue weighted by atomic mass is 19.4. The summed E-state index contributed by atoms with van der Waals surface area (Å²) < 4.78 is 47.2. The van der Waals surface area contributed by atoms with Gasteiger partial charge in [0.15, 0.2) is 5.58 Å². The van der Waals surface area contributed by atoms with Crippen molar-refractivity contribution in [3.05, 3.63) is 94.9 Å². The summed E-state index contributed by atoms with van der Waals surface area (Å²) in [5, 5.41) is 0. The highest BCUT2D eigenvalue weighted by Crippen LogP contribution is 2.31. The molecule has 0 spiro atoms. The Morgan fingerprint density at radius 2 is 1.60 bits per heavy atom. The van der Waals surface area contributed by atoms with E-state index in [1.165, 1.54) is 11.6 Å². The number of halogens is 3. The Morgan fingerprint density at radius 3 is 2.31 bits per heavy atom. The van der Waals surface area contributed by atoms with Crippen LogP contribution in [0.3, 0.4) is 0 Å². The third-order valence-corrected chi connectivity index (χ3v) is 6.44. The Labute approximate surface area is 201 Å². The van der Waals surface area contributed by atoms with E-state index in [1.54, 1.807) is 16.7 Å². The molecule has 1 aliphatic heterocycles. The number of rotatable bonds is 5. The zero-order chi connectivity index (χ0) is 24.6. The molecule has 0 saturated carbocycles. The van der Waals surface area contributed by atoms with E-state index in [9.17, 15) is 18.0 Å². The van der Waals surface area contributed by atoms with E-state index in [0.29, 0.717) is 41.2 Å². The Bertz CT molecular complexity index is 1330. The van der Waals surface area contributed by atoms with E-state index >= 15 is 0 Å². The average molecular weight is 482 g/mol. The average Bonchev–Trinajstić information content (AvgIpc) is 3.36. The lowest BCUT2D eigenvalue weighted by Gasteiger charge is -2.35. The van der Waals surface area contributed by atoms with Crippen molar-refractivity contribution in [1.82, 2.24) is 14.4 Å². The predicted molar refractivity (Wildman–Crippen MR) is 127 cm³/mol. The standard InChI is InChI=1S/C27H26F3N3O2/c1-19-14-23-25(35-19)16-24(33(23)18-21-8-5-9-22(15-21)27(28,29)30)26(34)32-12-10-31(11-13-32)17-20-6-3-2-4-7-20/h2-9,14-16H,10-13,17-18H2,1H3. The number of carbonyl (C=O) groups excluding carboxylic acids is 1. The van der Waals surface area contributed by atoms with Crippen LogP contribution in [-0.4, -0.2) is 46.5 Å². The molecule has 0 atom stereocenters. The fourth-order valence-corrected chi connectivity index (χ4v) is 4.65. The van der Waals surface area contributed by atoms with Gasteiger partial charge in [-0.25, -0.2) is 0 Å². The minimum absolute atomic E-state index is 0.139. The number of aromatic nitrogens is 1. The van der Waals surface area contributed by atoms with E-state index < -0.39 is 11.7 Å². The molecule has 0 unspecified atom stereocenters. The number of hydrogen-bond donors (Lipinski definition) is 0. The van der Waals surface area contributed by atoms with Crippen LogP contribution in [0.15, 0.2) is 71.1 Å². The summed E-state index contributed by atoms with van der Waals surface area (Å²) in [6, 6.07) is 19.0.